The third-order valence-corrected chi connectivity index (χ3v) is 7.05. The Hall–Kier alpha value is -0.440. The minimum atomic E-state index is -3.67. The third-order valence-electron chi connectivity index (χ3n) is 3.32. The van der Waals surface area contributed by atoms with E-state index < -0.39 is 16.0 Å². The van der Waals surface area contributed by atoms with Crippen molar-refractivity contribution in [1.29, 1.82) is 0 Å². The van der Waals surface area contributed by atoms with Crippen LogP contribution >= 0.6 is 27.3 Å². The van der Waals surface area contributed by atoms with Crippen molar-refractivity contribution in [3.05, 3.63) is 14.7 Å². The maximum absolute atomic E-state index is 12.3. The van der Waals surface area contributed by atoms with Crippen LogP contribution in [0.25, 0.3) is 0 Å². The number of aromatic carboxylic acids is 1. The molecule has 1 aliphatic rings. The number of hydrogen-bond donors (Lipinski definition) is 2. The predicted octanol–water partition coefficient (Wildman–Crippen LogP) is 2.68. The summed E-state index contributed by atoms with van der Waals surface area (Å²) in [5.41, 5.74) is 0. The highest BCUT2D eigenvalue weighted by molar-refractivity contribution is 9.11. The van der Waals surface area contributed by atoms with Crippen LogP contribution in [0.4, 0.5) is 0 Å². The lowest BCUT2D eigenvalue weighted by Crippen LogP contribution is -2.36. The standard InChI is InChI=1S/C11H14BrNO4S2/c1-6-3-2-4-7(6)13-19(16,17)9-5-8(11(14)15)18-10(9)12/h5-7,13H,2-4H2,1H3,(H,14,15). The fraction of sp³-hybridized carbons (Fsp3) is 0.545. The van der Waals surface area contributed by atoms with Crippen LogP contribution in [-0.2, 0) is 10.0 Å². The molecule has 106 valence electrons. The molecule has 1 aliphatic carbocycles. The quantitative estimate of drug-likeness (QED) is 0.856. The van der Waals surface area contributed by atoms with Gasteiger partial charge in [0.05, 0.1) is 3.79 Å². The van der Waals surface area contributed by atoms with Crippen LogP contribution in [-0.4, -0.2) is 25.5 Å². The van der Waals surface area contributed by atoms with Crippen molar-refractivity contribution in [3.63, 3.8) is 0 Å². The van der Waals surface area contributed by atoms with Gasteiger partial charge in [-0.05, 0) is 40.8 Å². The average molecular weight is 368 g/mol. The Morgan fingerprint density at radius 3 is 2.68 bits per heavy atom. The monoisotopic (exact) mass is 367 g/mol. The maximum atomic E-state index is 12.3. The first-order chi connectivity index (χ1) is 8.81. The zero-order valence-electron chi connectivity index (χ0n) is 10.2. The van der Waals surface area contributed by atoms with Gasteiger partial charge in [0, 0.05) is 6.04 Å². The van der Waals surface area contributed by atoms with E-state index in [4.69, 9.17) is 5.11 Å². The summed E-state index contributed by atoms with van der Waals surface area (Å²) in [6.45, 7) is 2.02. The largest absolute Gasteiger partial charge is 0.477 e. The summed E-state index contributed by atoms with van der Waals surface area (Å²) in [5.74, 6) is -0.812. The number of thiophene rings is 1. The number of halogens is 1. The number of sulfonamides is 1. The number of carbonyl (C=O) groups is 1. The molecule has 0 bridgehead atoms. The summed E-state index contributed by atoms with van der Waals surface area (Å²) in [6.07, 6.45) is 2.85. The van der Waals surface area contributed by atoms with Gasteiger partial charge in [-0.2, -0.15) is 0 Å². The molecule has 0 aliphatic heterocycles. The van der Waals surface area contributed by atoms with Crippen molar-refractivity contribution in [2.75, 3.05) is 0 Å². The lowest BCUT2D eigenvalue weighted by molar-refractivity contribution is 0.0702. The molecule has 0 radical (unpaired) electrons. The Morgan fingerprint density at radius 2 is 2.21 bits per heavy atom. The number of hydrogen-bond acceptors (Lipinski definition) is 4. The molecule has 2 atom stereocenters. The van der Waals surface area contributed by atoms with Crippen LogP contribution in [0.3, 0.4) is 0 Å². The highest BCUT2D eigenvalue weighted by Gasteiger charge is 2.30. The minimum absolute atomic E-state index is 0.00622. The summed E-state index contributed by atoms with van der Waals surface area (Å²) < 4.78 is 27.5. The lowest BCUT2D eigenvalue weighted by Gasteiger charge is -2.16. The second-order valence-corrected chi connectivity index (χ2v) is 8.74. The molecule has 0 aromatic carbocycles. The van der Waals surface area contributed by atoms with Crippen molar-refractivity contribution in [3.8, 4) is 0 Å². The first-order valence-electron chi connectivity index (χ1n) is 5.86. The molecule has 2 unspecified atom stereocenters. The molecule has 1 fully saturated rings. The molecule has 8 heteroatoms. The zero-order chi connectivity index (χ0) is 14.2. The summed E-state index contributed by atoms with van der Waals surface area (Å²) >= 11 is 4.03. The van der Waals surface area contributed by atoms with Crippen LogP contribution in [0.5, 0.6) is 0 Å². The van der Waals surface area contributed by atoms with E-state index in [0.29, 0.717) is 9.70 Å². The van der Waals surface area contributed by atoms with E-state index in [2.05, 4.69) is 20.7 Å². The maximum Gasteiger partial charge on any atom is 0.345 e. The highest BCUT2D eigenvalue weighted by Crippen LogP contribution is 2.33. The first-order valence-corrected chi connectivity index (χ1v) is 8.95. The van der Waals surface area contributed by atoms with E-state index in [1.165, 1.54) is 6.07 Å². The average Bonchev–Trinajstić information content (AvgIpc) is 2.86. The minimum Gasteiger partial charge on any atom is -0.477 e. The van der Waals surface area contributed by atoms with Gasteiger partial charge < -0.3 is 5.11 Å². The van der Waals surface area contributed by atoms with E-state index in [1.807, 2.05) is 6.92 Å². The Labute approximate surface area is 124 Å². The van der Waals surface area contributed by atoms with E-state index in [1.54, 1.807) is 0 Å². The van der Waals surface area contributed by atoms with E-state index in [0.717, 1.165) is 30.6 Å². The molecule has 0 saturated heterocycles. The van der Waals surface area contributed by atoms with Gasteiger partial charge in [-0.1, -0.05) is 13.3 Å². The molecule has 1 heterocycles. The lowest BCUT2D eigenvalue weighted by atomic mass is 10.1. The first kappa shape index (κ1) is 15.0. The van der Waals surface area contributed by atoms with Gasteiger partial charge >= 0.3 is 5.97 Å². The van der Waals surface area contributed by atoms with Gasteiger partial charge in [-0.25, -0.2) is 17.9 Å². The Bertz CT molecular complexity index is 596. The number of nitrogens with one attached hydrogen (secondary N) is 1. The molecule has 1 aromatic heterocycles. The number of carboxylic acid groups (broad SMARTS) is 1. The van der Waals surface area contributed by atoms with E-state index >= 15 is 0 Å². The summed E-state index contributed by atoms with van der Waals surface area (Å²) in [5, 5.41) is 8.89. The Morgan fingerprint density at radius 1 is 1.53 bits per heavy atom. The molecular formula is C11H14BrNO4S2. The van der Waals surface area contributed by atoms with Crippen molar-refractivity contribution in [2.24, 2.45) is 5.92 Å². The van der Waals surface area contributed by atoms with Crippen LogP contribution in [0.15, 0.2) is 14.7 Å². The molecular weight excluding hydrogens is 354 g/mol. The highest BCUT2D eigenvalue weighted by atomic mass is 79.9. The topological polar surface area (TPSA) is 83.5 Å². The summed E-state index contributed by atoms with van der Waals surface area (Å²) in [7, 11) is -3.67. The SMILES string of the molecule is CC1CCCC1NS(=O)(=O)c1cc(C(=O)O)sc1Br. The van der Waals surface area contributed by atoms with Crippen LogP contribution in [0.2, 0.25) is 0 Å². The van der Waals surface area contributed by atoms with Crippen LogP contribution in [0.1, 0.15) is 35.9 Å². The number of carboxylic acids is 1. The van der Waals surface area contributed by atoms with Gasteiger partial charge in [0.2, 0.25) is 10.0 Å². The predicted molar refractivity (Wildman–Crippen MR) is 76.1 cm³/mol. The molecule has 0 amide bonds. The Balaban J connectivity index is 2.26. The van der Waals surface area contributed by atoms with Crippen molar-refractivity contribution < 1.29 is 18.3 Å². The fourth-order valence-electron chi connectivity index (χ4n) is 2.22. The second kappa shape index (κ2) is 5.51. The van der Waals surface area contributed by atoms with Crippen LogP contribution < -0.4 is 4.72 Å². The molecule has 0 spiro atoms. The molecule has 19 heavy (non-hydrogen) atoms. The van der Waals surface area contributed by atoms with Gasteiger partial charge in [0.15, 0.2) is 0 Å². The van der Waals surface area contributed by atoms with Crippen molar-refractivity contribution in [1.82, 2.24) is 4.72 Å². The fourth-order valence-corrected chi connectivity index (χ4v) is 6.01. The molecule has 1 saturated carbocycles. The molecule has 1 aromatic rings. The normalized spacial score (nSPS) is 23.7. The van der Waals surface area contributed by atoms with E-state index in [-0.39, 0.29) is 15.8 Å². The molecule has 2 N–H and O–H groups in total. The van der Waals surface area contributed by atoms with Gasteiger partial charge in [-0.3, -0.25) is 0 Å². The van der Waals surface area contributed by atoms with E-state index in [9.17, 15) is 13.2 Å². The molecule has 2 rings (SSSR count). The third kappa shape index (κ3) is 3.18. The van der Waals surface area contributed by atoms with Gasteiger partial charge in [-0.15, -0.1) is 11.3 Å². The zero-order valence-corrected chi connectivity index (χ0v) is 13.4. The summed E-state index contributed by atoms with van der Waals surface area (Å²) in [6, 6.07) is 1.13. The number of rotatable bonds is 4. The van der Waals surface area contributed by atoms with Crippen LogP contribution in [0, 0.1) is 5.92 Å². The van der Waals surface area contributed by atoms with Gasteiger partial charge in [0.1, 0.15) is 9.77 Å². The summed E-state index contributed by atoms with van der Waals surface area (Å²) in [4.78, 5) is 10.9. The van der Waals surface area contributed by atoms with Crippen molar-refractivity contribution in [2.45, 2.75) is 37.1 Å². The van der Waals surface area contributed by atoms with Crippen molar-refractivity contribution >= 4 is 43.3 Å². The smallest absolute Gasteiger partial charge is 0.345 e. The Kier molecular flexibility index (Phi) is 4.34. The molecule has 5 nitrogen and oxygen atoms in total. The second-order valence-electron chi connectivity index (χ2n) is 4.69. The van der Waals surface area contributed by atoms with Gasteiger partial charge in [0.25, 0.3) is 0 Å².